The Morgan fingerprint density at radius 3 is 2.30 bits per heavy atom. The molecule has 0 amide bonds. The van der Waals surface area contributed by atoms with Gasteiger partial charge in [0.15, 0.2) is 0 Å². The van der Waals surface area contributed by atoms with E-state index in [2.05, 4.69) is 186 Å². The predicted molar refractivity (Wildman–Crippen MR) is 226 cm³/mol. The Hall–Kier alpha value is -6.04. The highest BCUT2D eigenvalue weighted by atomic mass is 15.4. The van der Waals surface area contributed by atoms with Crippen LogP contribution in [0.3, 0.4) is 0 Å². The highest BCUT2D eigenvalue weighted by Crippen LogP contribution is 2.57. The van der Waals surface area contributed by atoms with Crippen LogP contribution in [0.15, 0.2) is 163 Å². The van der Waals surface area contributed by atoms with E-state index in [1.165, 1.54) is 72.7 Å². The van der Waals surface area contributed by atoms with E-state index in [9.17, 15) is 0 Å². The molecular formula is C49H45N5. The summed E-state index contributed by atoms with van der Waals surface area (Å²) in [5, 5.41) is 7.65. The smallest absolute Gasteiger partial charge is 0.103 e. The van der Waals surface area contributed by atoms with Gasteiger partial charge < -0.3 is 15.6 Å². The standard InChI is InChI=1S/C49H45N5/c1-49(2)40-26-23-34(32-14-6-3-7-15-32)30-39(40)37-25-27-43-46(47(37)49)38-24-22-35(48-50-29-28-41(51-48)33-16-8-4-9-17-33)31-45(38)54(36-18-10-5-11-19-36)44-21-13-12-20-42(44)52-53-43/h3-8,10,12-16,18,20-28,30-31,48,50-53H,9,11,17,19,29H2,1-2H3. The monoisotopic (exact) mass is 703 g/mol. The van der Waals surface area contributed by atoms with Gasteiger partial charge in [-0.3, -0.25) is 10.7 Å². The van der Waals surface area contributed by atoms with Gasteiger partial charge in [0.1, 0.15) is 6.17 Å². The SMILES string of the molecule is CC1(C)c2ccc(-c3ccccc3)cc2-c2ccc3c(c21)-c1ccc(C2NCC=C(C4=CC=CCC4)N2)cc1N(C1=CC=CCC1)c1ccccc1NN3. The van der Waals surface area contributed by atoms with E-state index in [1.54, 1.807) is 0 Å². The Labute approximate surface area is 318 Å². The number of nitrogens with one attached hydrogen (secondary N) is 4. The fourth-order valence-electron chi connectivity index (χ4n) is 9.16. The van der Waals surface area contributed by atoms with Crippen molar-refractivity contribution in [1.82, 2.24) is 10.6 Å². The van der Waals surface area contributed by atoms with Crippen molar-refractivity contribution in [2.24, 2.45) is 0 Å². The molecule has 3 aliphatic carbocycles. The van der Waals surface area contributed by atoms with Crippen LogP contribution in [0.5, 0.6) is 0 Å². The molecule has 4 N–H and O–H groups in total. The minimum absolute atomic E-state index is 0.0265. The van der Waals surface area contributed by atoms with Crippen molar-refractivity contribution in [2.45, 2.75) is 51.1 Å². The molecule has 2 aliphatic heterocycles. The Morgan fingerprint density at radius 1 is 0.667 bits per heavy atom. The molecule has 0 saturated heterocycles. The third-order valence-corrected chi connectivity index (χ3v) is 11.8. The number of para-hydroxylation sites is 2. The van der Waals surface area contributed by atoms with Crippen LogP contribution >= 0.6 is 0 Å². The number of anilines is 4. The maximum Gasteiger partial charge on any atom is 0.103 e. The van der Waals surface area contributed by atoms with Gasteiger partial charge in [0.05, 0.1) is 22.7 Å². The Kier molecular flexibility index (Phi) is 7.92. The molecule has 0 spiro atoms. The van der Waals surface area contributed by atoms with E-state index < -0.39 is 0 Å². The lowest BCUT2D eigenvalue weighted by Gasteiger charge is -2.34. The molecule has 5 heteroatoms. The summed E-state index contributed by atoms with van der Waals surface area (Å²) in [5.41, 5.74) is 26.9. The Morgan fingerprint density at radius 2 is 1.46 bits per heavy atom. The summed E-state index contributed by atoms with van der Waals surface area (Å²) in [6.45, 7) is 5.61. The van der Waals surface area contributed by atoms with E-state index in [0.717, 1.165) is 49.3 Å². The number of rotatable bonds is 4. The van der Waals surface area contributed by atoms with Crippen LogP contribution in [0.25, 0.3) is 33.4 Å². The summed E-state index contributed by atoms with van der Waals surface area (Å²) in [7, 11) is 0. The molecule has 2 heterocycles. The van der Waals surface area contributed by atoms with Crippen LogP contribution in [-0.4, -0.2) is 6.54 Å². The number of hydrogen-bond acceptors (Lipinski definition) is 5. The predicted octanol–water partition coefficient (Wildman–Crippen LogP) is 11.8. The van der Waals surface area contributed by atoms with Crippen molar-refractivity contribution >= 4 is 22.7 Å². The van der Waals surface area contributed by atoms with Crippen LogP contribution in [0.4, 0.5) is 22.7 Å². The minimum Gasteiger partial charge on any atom is -0.366 e. The van der Waals surface area contributed by atoms with Gasteiger partial charge in [-0.25, -0.2) is 0 Å². The van der Waals surface area contributed by atoms with Crippen LogP contribution in [0.2, 0.25) is 0 Å². The zero-order valence-electron chi connectivity index (χ0n) is 30.9. The molecule has 0 bridgehead atoms. The number of nitrogens with zero attached hydrogens (tertiary/aromatic N) is 1. The maximum absolute atomic E-state index is 3.88. The molecule has 5 aromatic carbocycles. The van der Waals surface area contributed by atoms with E-state index in [0.29, 0.717) is 0 Å². The number of hydrogen-bond donors (Lipinski definition) is 4. The van der Waals surface area contributed by atoms with Gasteiger partial charge in [-0.15, -0.1) is 0 Å². The molecule has 0 aromatic heterocycles. The van der Waals surface area contributed by atoms with Crippen LogP contribution < -0.4 is 26.4 Å². The maximum atomic E-state index is 3.88. The number of benzene rings is 5. The number of fused-ring (bicyclic) bond motifs is 8. The van der Waals surface area contributed by atoms with Crippen molar-refractivity contribution in [3.8, 4) is 33.4 Å². The van der Waals surface area contributed by atoms with E-state index >= 15 is 0 Å². The minimum atomic E-state index is -0.240. The van der Waals surface area contributed by atoms with Gasteiger partial charge in [-0.05, 0) is 113 Å². The lowest BCUT2D eigenvalue weighted by atomic mass is 9.77. The summed E-state index contributed by atoms with van der Waals surface area (Å²) in [5.74, 6) is 0. The second kappa shape index (κ2) is 13.1. The molecule has 266 valence electrons. The van der Waals surface area contributed by atoms with E-state index in [-0.39, 0.29) is 11.6 Å². The zero-order chi connectivity index (χ0) is 36.2. The van der Waals surface area contributed by atoms with E-state index in [4.69, 9.17) is 0 Å². The lowest BCUT2D eigenvalue weighted by molar-refractivity contribution is 0.479. The molecule has 0 radical (unpaired) electrons. The molecule has 0 saturated carbocycles. The zero-order valence-corrected chi connectivity index (χ0v) is 30.9. The molecule has 0 fully saturated rings. The topological polar surface area (TPSA) is 51.4 Å². The molecule has 5 nitrogen and oxygen atoms in total. The van der Waals surface area contributed by atoms with Gasteiger partial charge in [-0.1, -0.05) is 117 Å². The number of allylic oxidation sites excluding steroid dienone is 8. The quantitative estimate of drug-likeness (QED) is 0.150. The van der Waals surface area contributed by atoms with E-state index in [1.807, 2.05) is 0 Å². The van der Waals surface area contributed by atoms with Gasteiger partial charge >= 0.3 is 0 Å². The van der Waals surface area contributed by atoms with Crippen molar-refractivity contribution in [3.63, 3.8) is 0 Å². The molecule has 5 aromatic rings. The second-order valence-corrected chi connectivity index (χ2v) is 15.4. The first-order valence-electron chi connectivity index (χ1n) is 19.4. The Balaban J connectivity index is 1.20. The third-order valence-electron chi connectivity index (χ3n) is 11.8. The largest absolute Gasteiger partial charge is 0.366 e. The second-order valence-electron chi connectivity index (χ2n) is 15.4. The third kappa shape index (κ3) is 5.42. The highest BCUT2D eigenvalue weighted by molar-refractivity contribution is 6.01. The molecule has 1 unspecified atom stereocenters. The van der Waals surface area contributed by atoms with Crippen molar-refractivity contribution in [2.75, 3.05) is 22.3 Å². The molecule has 1 atom stereocenters. The average Bonchev–Trinajstić information content (AvgIpc) is 3.49. The van der Waals surface area contributed by atoms with Crippen molar-refractivity contribution in [1.29, 1.82) is 0 Å². The highest BCUT2D eigenvalue weighted by Gasteiger charge is 2.40. The molecule has 5 aliphatic rings. The number of hydrazine groups is 1. The molecule has 10 rings (SSSR count). The van der Waals surface area contributed by atoms with Gasteiger partial charge in [-0.2, -0.15) is 0 Å². The fraction of sp³-hybridized carbons (Fsp3) is 0.184. The van der Waals surface area contributed by atoms with Crippen LogP contribution in [0.1, 0.15) is 62.4 Å². The summed E-state index contributed by atoms with van der Waals surface area (Å²) in [6.07, 6.45) is 19.9. The normalized spacial score (nSPS) is 19.0. The fourth-order valence-corrected chi connectivity index (χ4v) is 9.16. The van der Waals surface area contributed by atoms with Crippen molar-refractivity contribution < 1.29 is 0 Å². The summed E-state index contributed by atoms with van der Waals surface area (Å²) in [6, 6.07) is 38.2. The Bertz CT molecular complexity index is 2460. The summed E-state index contributed by atoms with van der Waals surface area (Å²) in [4.78, 5) is 2.51. The first kappa shape index (κ1) is 32.6. The van der Waals surface area contributed by atoms with Gasteiger partial charge in [0, 0.05) is 34.5 Å². The first-order chi connectivity index (χ1) is 26.5. The summed E-state index contributed by atoms with van der Waals surface area (Å²) < 4.78 is 0. The van der Waals surface area contributed by atoms with Crippen LogP contribution in [-0.2, 0) is 5.41 Å². The lowest BCUT2D eigenvalue weighted by Crippen LogP contribution is -2.38. The average molecular weight is 704 g/mol. The van der Waals surface area contributed by atoms with Crippen molar-refractivity contribution in [3.05, 3.63) is 179 Å². The molecule has 54 heavy (non-hydrogen) atoms. The van der Waals surface area contributed by atoms with Gasteiger partial charge in [0.2, 0.25) is 0 Å². The summed E-state index contributed by atoms with van der Waals surface area (Å²) >= 11 is 0. The molecular weight excluding hydrogens is 659 g/mol. The van der Waals surface area contributed by atoms with Gasteiger partial charge in [0.25, 0.3) is 0 Å². The first-order valence-corrected chi connectivity index (χ1v) is 19.4. The van der Waals surface area contributed by atoms with Crippen LogP contribution in [0, 0.1) is 0 Å².